The van der Waals surface area contributed by atoms with Gasteiger partial charge in [0.25, 0.3) is 5.91 Å². The van der Waals surface area contributed by atoms with Crippen LogP contribution in [0.4, 0.5) is 4.79 Å². The van der Waals surface area contributed by atoms with E-state index in [4.69, 9.17) is 14.6 Å². The van der Waals surface area contributed by atoms with Crippen molar-refractivity contribution in [3.05, 3.63) is 62.4 Å². The number of rotatable bonds is 7. The minimum atomic E-state index is -0.984. The number of nitrogens with one attached hydrogen (secondary N) is 2. The van der Waals surface area contributed by atoms with E-state index in [0.717, 1.165) is 9.13 Å². The first-order valence-electron chi connectivity index (χ1n) is 8.62. The Balaban J connectivity index is 1.82. The number of carbonyl (C=O) groups is 3. The van der Waals surface area contributed by atoms with Gasteiger partial charge < -0.3 is 19.9 Å². The lowest BCUT2D eigenvalue weighted by Gasteiger charge is -2.15. The molecule has 1 heterocycles. The molecule has 0 radical (unpaired) electrons. The van der Waals surface area contributed by atoms with Gasteiger partial charge in [0.05, 0.1) is 15.7 Å². The molecule has 9 heteroatoms. The Kier molecular flexibility index (Phi) is 6.37. The van der Waals surface area contributed by atoms with Crippen molar-refractivity contribution in [1.29, 1.82) is 0 Å². The third-order valence-electron chi connectivity index (χ3n) is 3.95. The van der Waals surface area contributed by atoms with Crippen LogP contribution in [0, 0.1) is 3.57 Å². The smallest absolute Gasteiger partial charge is 0.335 e. The van der Waals surface area contributed by atoms with Gasteiger partial charge in [-0.1, -0.05) is 12.1 Å². The van der Waals surface area contributed by atoms with Crippen molar-refractivity contribution in [2.75, 3.05) is 6.61 Å². The van der Waals surface area contributed by atoms with E-state index in [-0.39, 0.29) is 17.9 Å². The minimum absolute atomic E-state index is 0.153. The molecule has 0 unspecified atom stereocenters. The van der Waals surface area contributed by atoms with E-state index < -0.39 is 17.9 Å². The lowest BCUT2D eigenvalue weighted by Crippen LogP contribution is -2.22. The predicted molar refractivity (Wildman–Crippen MR) is 113 cm³/mol. The Morgan fingerprint density at radius 1 is 1.14 bits per heavy atom. The van der Waals surface area contributed by atoms with E-state index in [1.165, 1.54) is 12.1 Å². The number of amides is 3. The molecule has 0 aromatic heterocycles. The standard InChI is InChI=1S/C20H17IN2O6/c1-2-28-16-9-12(8-15-18(24)23-20(27)22-15)7-14(21)17(16)29-10-11-3-5-13(6-4-11)19(25)26/h3-9H,2,10H2,1H3,(H,25,26)(H2,22,23,24,27)/b15-8-. The van der Waals surface area contributed by atoms with Crippen molar-refractivity contribution < 1.29 is 29.0 Å². The van der Waals surface area contributed by atoms with Crippen LogP contribution in [-0.2, 0) is 11.4 Å². The number of aromatic carboxylic acids is 1. The minimum Gasteiger partial charge on any atom is -0.490 e. The van der Waals surface area contributed by atoms with Gasteiger partial charge in [-0.2, -0.15) is 0 Å². The van der Waals surface area contributed by atoms with Crippen LogP contribution >= 0.6 is 22.6 Å². The number of benzene rings is 2. The molecule has 1 aliphatic rings. The third-order valence-corrected chi connectivity index (χ3v) is 4.75. The maximum Gasteiger partial charge on any atom is 0.335 e. The molecule has 2 aromatic rings. The molecule has 3 rings (SSSR count). The second kappa shape index (κ2) is 8.95. The molecule has 0 bridgehead atoms. The number of hydrogen-bond acceptors (Lipinski definition) is 5. The molecule has 3 amide bonds. The quantitative estimate of drug-likeness (QED) is 0.301. The van der Waals surface area contributed by atoms with Gasteiger partial charge in [-0.05, 0) is 71.0 Å². The van der Waals surface area contributed by atoms with E-state index in [1.807, 2.05) is 6.92 Å². The second-order valence-corrected chi connectivity index (χ2v) is 7.18. The van der Waals surface area contributed by atoms with Crippen molar-refractivity contribution in [3.8, 4) is 11.5 Å². The number of halogens is 1. The summed E-state index contributed by atoms with van der Waals surface area (Å²) in [6.45, 7) is 2.49. The SMILES string of the molecule is CCOc1cc(/C=C2\NC(=O)NC2=O)cc(I)c1OCc1ccc(C(=O)O)cc1. The Hall–Kier alpha value is -3.08. The molecule has 29 heavy (non-hydrogen) atoms. The summed E-state index contributed by atoms with van der Waals surface area (Å²) in [6, 6.07) is 9.39. The number of ether oxygens (including phenoxy) is 2. The van der Waals surface area contributed by atoms with Gasteiger partial charge >= 0.3 is 12.0 Å². The summed E-state index contributed by atoms with van der Waals surface area (Å²) >= 11 is 2.10. The predicted octanol–water partition coefficient (Wildman–Crippen LogP) is 3.15. The lowest BCUT2D eigenvalue weighted by atomic mass is 10.1. The summed E-state index contributed by atoms with van der Waals surface area (Å²) < 4.78 is 12.4. The van der Waals surface area contributed by atoms with Gasteiger partial charge in [-0.15, -0.1) is 0 Å². The van der Waals surface area contributed by atoms with E-state index >= 15 is 0 Å². The van der Waals surface area contributed by atoms with E-state index in [1.54, 1.807) is 30.3 Å². The Bertz CT molecular complexity index is 1000. The van der Waals surface area contributed by atoms with E-state index in [0.29, 0.717) is 23.7 Å². The Labute approximate surface area is 180 Å². The van der Waals surface area contributed by atoms with Crippen molar-refractivity contribution in [1.82, 2.24) is 10.6 Å². The highest BCUT2D eigenvalue weighted by Crippen LogP contribution is 2.35. The molecule has 1 fully saturated rings. The molecule has 0 atom stereocenters. The maximum atomic E-state index is 11.7. The van der Waals surface area contributed by atoms with Crippen LogP contribution in [0.1, 0.15) is 28.4 Å². The molecule has 150 valence electrons. The molecular weight excluding hydrogens is 491 g/mol. The average molecular weight is 508 g/mol. The summed E-state index contributed by atoms with van der Waals surface area (Å²) in [4.78, 5) is 33.9. The summed E-state index contributed by atoms with van der Waals surface area (Å²) in [5.41, 5.74) is 1.84. The molecule has 0 saturated carbocycles. The zero-order valence-electron chi connectivity index (χ0n) is 15.3. The van der Waals surface area contributed by atoms with Crippen LogP contribution in [0.3, 0.4) is 0 Å². The first-order valence-corrected chi connectivity index (χ1v) is 9.70. The van der Waals surface area contributed by atoms with Gasteiger partial charge in [0.2, 0.25) is 0 Å². The summed E-state index contributed by atoms with van der Waals surface area (Å²) in [6.07, 6.45) is 1.55. The number of urea groups is 1. The first kappa shape index (κ1) is 20.6. The maximum absolute atomic E-state index is 11.7. The molecule has 1 aliphatic heterocycles. The highest BCUT2D eigenvalue weighted by Gasteiger charge is 2.23. The number of carbonyl (C=O) groups excluding carboxylic acids is 2. The van der Waals surface area contributed by atoms with Crippen LogP contribution in [0.15, 0.2) is 42.1 Å². The van der Waals surface area contributed by atoms with Crippen LogP contribution in [-0.4, -0.2) is 29.6 Å². The second-order valence-electron chi connectivity index (χ2n) is 6.02. The van der Waals surface area contributed by atoms with Gasteiger partial charge in [0.15, 0.2) is 11.5 Å². The summed E-state index contributed by atoms with van der Waals surface area (Å²) in [5, 5.41) is 13.6. The van der Waals surface area contributed by atoms with Crippen molar-refractivity contribution in [2.45, 2.75) is 13.5 Å². The summed E-state index contributed by atoms with van der Waals surface area (Å²) in [7, 11) is 0. The van der Waals surface area contributed by atoms with Gasteiger partial charge in [-0.3, -0.25) is 10.1 Å². The van der Waals surface area contributed by atoms with Crippen molar-refractivity contribution in [2.24, 2.45) is 0 Å². The summed E-state index contributed by atoms with van der Waals surface area (Å²) in [5.74, 6) is -0.439. The molecule has 0 aliphatic carbocycles. The fourth-order valence-corrected chi connectivity index (χ4v) is 3.40. The molecular formula is C20H17IN2O6. The van der Waals surface area contributed by atoms with Gasteiger partial charge in [-0.25, -0.2) is 9.59 Å². The average Bonchev–Trinajstić information content (AvgIpc) is 2.98. The van der Waals surface area contributed by atoms with Gasteiger partial charge in [0.1, 0.15) is 12.3 Å². The van der Waals surface area contributed by atoms with E-state index in [2.05, 4.69) is 33.2 Å². The fourth-order valence-electron chi connectivity index (χ4n) is 2.62. The van der Waals surface area contributed by atoms with E-state index in [9.17, 15) is 14.4 Å². The van der Waals surface area contributed by atoms with Crippen LogP contribution < -0.4 is 20.1 Å². The molecule has 8 nitrogen and oxygen atoms in total. The number of carboxylic acid groups (broad SMARTS) is 1. The molecule has 2 aromatic carbocycles. The molecule has 0 spiro atoms. The number of hydrogen-bond donors (Lipinski definition) is 3. The highest BCUT2D eigenvalue weighted by atomic mass is 127. The topological polar surface area (TPSA) is 114 Å². The number of carboxylic acids is 1. The van der Waals surface area contributed by atoms with Crippen molar-refractivity contribution in [3.63, 3.8) is 0 Å². The largest absolute Gasteiger partial charge is 0.490 e. The third kappa shape index (κ3) is 5.05. The van der Waals surface area contributed by atoms with Crippen LogP contribution in [0.2, 0.25) is 0 Å². The first-order chi connectivity index (χ1) is 13.9. The fraction of sp³-hybridized carbons (Fsp3) is 0.150. The van der Waals surface area contributed by atoms with Crippen molar-refractivity contribution >= 4 is 46.6 Å². The molecule has 3 N–H and O–H groups in total. The zero-order valence-corrected chi connectivity index (χ0v) is 17.5. The highest BCUT2D eigenvalue weighted by molar-refractivity contribution is 14.1. The lowest BCUT2D eigenvalue weighted by molar-refractivity contribution is -0.115. The Morgan fingerprint density at radius 2 is 1.86 bits per heavy atom. The monoisotopic (exact) mass is 508 g/mol. The normalized spacial score (nSPS) is 14.5. The molecule has 1 saturated heterocycles. The number of imide groups is 1. The van der Waals surface area contributed by atoms with Gasteiger partial charge in [0, 0.05) is 0 Å². The zero-order chi connectivity index (χ0) is 21.0. The van der Waals surface area contributed by atoms with Crippen LogP contribution in [0.25, 0.3) is 6.08 Å². The van der Waals surface area contributed by atoms with Crippen LogP contribution in [0.5, 0.6) is 11.5 Å². The Morgan fingerprint density at radius 3 is 2.45 bits per heavy atom.